The lowest BCUT2D eigenvalue weighted by Crippen LogP contribution is -3.00. The molecule has 2 heteroatoms. The van der Waals surface area contributed by atoms with Crippen molar-refractivity contribution in [3.05, 3.63) is 71.8 Å². The summed E-state index contributed by atoms with van der Waals surface area (Å²) in [5.41, 5.74) is 2.92. The average molecular weight is 430 g/mol. The Morgan fingerprint density at radius 3 is 1.63 bits per heavy atom. The number of halogens is 1. The fraction of sp³-hybridized carbons (Fsp3) is 0.571. The van der Waals surface area contributed by atoms with Crippen LogP contribution in [0, 0.1) is 0 Å². The molecule has 2 aromatic rings. The van der Waals surface area contributed by atoms with Crippen LogP contribution in [0.25, 0.3) is 0 Å². The van der Waals surface area contributed by atoms with Gasteiger partial charge in [0.2, 0.25) is 0 Å². The third-order valence-corrected chi connectivity index (χ3v) is 6.29. The van der Waals surface area contributed by atoms with Gasteiger partial charge in [-0.05, 0) is 6.42 Å². The molecule has 0 fully saturated rings. The Bertz CT molecular complexity index is 638. The monoisotopic (exact) mass is 429 g/mol. The van der Waals surface area contributed by atoms with Gasteiger partial charge in [-0.2, -0.15) is 0 Å². The lowest BCUT2D eigenvalue weighted by Gasteiger charge is -2.39. The van der Waals surface area contributed by atoms with Crippen LogP contribution in [0.4, 0.5) is 0 Å². The van der Waals surface area contributed by atoms with Crippen LogP contribution in [-0.4, -0.2) is 18.6 Å². The molecule has 2 aromatic carbocycles. The zero-order chi connectivity index (χ0) is 20.8. The van der Waals surface area contributed by atoms with Crippen molar-refractivity contribution in [2.75, 3.05) is 14.1 Å². The molecule has 0 spiro atoms. The van der Waals surface area contributed by atoms with Gasteiger partial charge < -0.3 is 16.9 Å². The summed E-state index contributed by atoms with van der Waals surface area (Å²) in [6, 6.07) is 22.7. The quantitative estimate of drug-likeness (QED) is 0.265. The first-order valence-corrected chi connectivity index (χ1v) is 12.0. The Morgan fingerprint density at radius 1 is 0.633 bits per heavy atom. The molecule has 0 aliphatic rings. The number of quaternary nitrogens is 1. The van der Waals surface area contributed by atoms with E-state index in [0.717, 1.165) is 11.0 Å². The molecule has 0 bridgehead atoms. The first-order valence-electron chi connectivity index (χ1n) is 12.0. The number of benzene rings is 2. The van der Waals surface area contributed by atoms with Crippen LogP contribution in [0.3, 0.4) is 0 Å². The van der Waals surface area contributed by atoms with Gasteiger partial charge in [0.05, 0.1) is 14.1 Å². The maximum Gasteiger partial charge on any atom is 0.114 e. The molecule has 0 heterocycles. The second kappa shape index (κ2) is 15.5. The van der Waals surface area contributed by atoms with E-state index in [4.69, 9.17) is 0 Å². The summed E-state index contributed by atoms with van der Waals surface area (Å²) >= 11 is 0. The standard InChI is InChI=1S/C28H44N.ClH/c1-4-5-6-7-8-9-10-11-12-19-24-28(27-22-17-14-18-23-27)29(2,3)25-26-20-15-13-16-21-26;/h13-18,20-23,28H,4-12,19,24-25H2,1-3H3;1H/q+1;/p-1. The van der Waals surface area contributed by atoms with Gasteiger partial charge in [0.1, 0.15) is 12.6 Å². The van der Waals surface area contributed by atoms with E-state index in [-0.39, 0.29) is 12.4 Å². The molecule has 0 saturated carbocycles. The van der Waals surface area contributed by atoms with Crippen molar-refractivity contribution >= 4 is 0 Å². The van der Waals surface area contributed by atoms with Crippen LogP contribution < -0.4 is 12.4 Å². The Balaban J connectivity index is 0.00000450. The molecule has 1 atom stereocenters. The Morgan fingerprint density at radius 2 is 1.10 bits per heavy atom. The molecule has 0 amide bonds. The van der Waals surface area contributed by atoms with Crippen molar-refractivity contribution in [2.45, 2.75) is 90.1 Å². The molecule has 0 aliphatic heterocycles. The molecular weight excluding hydrogens is 386 g/mol. The molecule has 1 nitrogen and oxygen atoms in total. The molecular formula is C28H44ClN. The maximum absolute atomic E-state index is 2.40. The number of rotatable bonds is 15. The van der Waals surface area contributed by atoms with Crippen LogP contribution >= 0.6 is 0 Å². The van der Waals surface area contributed by atoms with Gasteiger partial charge in [0.15, 0.2) is 0 Å². The van der Waals surface area contributed by atoms with Gasteiger partial charge in [0, 0.05) is 17.5 Å². The second-order valence-electron chi connectivity index (χ2n) is 9.32. The van der Waals surface area contributed by atoms with Gasteiger partial charge in [-0.1, -0.05) is 125 Å². The molecule has 0 saturated heterocycles. The first-order chi connectivity index (χ1) is 14.1. The van der Waals surface area contributed by atoms with Crippen molar-refractivity contribution in [2.24, 2.45) is 0 Å². The van der Waals surface area contributed by atoms with E-state index in [9.17, 15) is 0 Å². The lowest BCUT2D eigenvalue weighted by molar-refractivity contribution is -0.934. The Labute approximate surface area is 192 Å². The zero-order valence-corrected chi connectivity index (χ0v) is 20.4. The highest BCUT2D eigenvalue weighted by Gasteiger charge is 2.29. The van der Waals surface area contributed by atoms with Crippen molar-refractivity contribution in [1.29, 1.82) is 0 Å². The van der Waals surface area contributed by atoms with Crippen LogP contribution in [-0.2, 0) is 6.54 Å². The highest BCUT2D eigenvalue weighted by Crippen LogP contribution is 2.32. The topological polar surface area (TPSA) is 0 Å². The highest BCUT2D eigenvalue weighted by molar-refractivity contribution is 5.18. The number of hydrogen-bond acceptors (Lipinski definition) is 0. The SMILES string of the molecule is CCCCCCCCCCCCC(c1ccccc1)[N+](C)(C)Cc1ccccc1.[Cl-]. The third kappa shape index (κ3) is 10.1. The van der Waals surface area contributed by atoms with E-state index in [1.54, 1.807) is 0 Å². The lowest BCUT2D eigenvalue weighted by atomic mass is 9.96. The largest absolute Gasteiger partial charge is 1.00 e. The van der Waals surface area contributed by atoms with E-state index in [2.05, 4.69) is 81.7 Å². The van der Waals surface area contributed by atoms with Crippen LogP contribution in [0.1, 0.15) is 94.7 Å². The van der Waals surface area contributed by atoms with Crippen LogP contribution in [0.15, 0.2) is 60.7 Å². The van der Waals surface area contributed by atoms with E-state index in [1.807, 2.05) is 0 Å². The zero-order valence-electron chi connectivity index (χ0n) is 19.7. The number of unbranched alkanes of at least 4 members (excludes halogenated alkanes) is 9. The minimum atomic E-state index is 0. The predicted octanol–water partition coefficient (Wildman–Crippen LogP) is 5.32. The summed E-state index contributed by atoms with van der Waals surface area (Å²) in [5.74, 6) is 0. The van der Waals surface area contributed by atoms with Gasteiger partial charge in [-0.25, -0.2) is 0 Å². The van der Waals surface area contributed by atoms with Gasteiger partial charge >= 0.3 is 0 Å². The number of hydrogen-bond donors (Lipinski definition) is 0. The summed E-state index contributed by atoms with van der Waals surface area (Å²) in [4.78, 5) is 0. The van der Waals surface area contributed by atoms with Crippen LogP contribution in [0.5, 0.6) is 0 Å². The second-order valence-corrected chi connectivity index (χ2v) is 9.32. The van der Waals surface area contributed by atoms with Crippen molar-refractivity contribution in [1.82, 2.24) is 0 Å². The van der Waals surface area contributed by atoms with E-state index in [0.29, 0.717) is 6.04 Å². The molecule has 0 radical (unpaired) electrons. The molecule has 30 heavy (non-hydrogen) atoms. The highest BCUT2D eigenvalue weighted by atomic mass is 35.5. The first kappa shape index (κ1) is 26.7. The van der Waals surface area contributed by atoms with Crippen molar-refractivity contribution < 1.29 is 16.9 Å². The fourth-order valence-corrected chi connectivity index (χ4v) is 4.58. The van der Waals surface area contributed by atoms with E-state index < -0.39 is 0 Å². The minimum Gasteiger partial charge on any atom is -1.00 e. The maximum atomic E-state index is 2.40. The minimum absolute atomic E-state index is 0. The Kier molecular flexibility index (Phi) is 13.8. The molecule has 1 unspecified atom stereocenters. The summed E-state index contributed by atoms with van der Waals surface area (Å²) in [6.07, 6.45) is 15.3. The molecule has 0 N–H and O–H groups in total. The van der Waals surface area contributed by atoms with Crippen molar-refractivity contribution in [3.8, 4) is 0 Å². The molecule has 0 aliphatic carbocycles. The summed E-state index contributed by atoms with van der Waals surface area (Å²) in [6.45, 7) is 3.38. The molecule has 0 aromatic heterocycles. The normalized spacial score (nSPS) is 12.4. The smallest absolute Gasteiger partial charge is 0.114 e. The third-order valence-electron chi connectivity index (χ3n) is 6.29. The number of nitrogens with zero attached hydrogens (tertiary/aromatic N) is 1. The summed E-state index contributed by atoms with van der Waals surface area (Å²) < 4.78 is 1.02. The van der Waals surface area contributed by atoms with Gasteiger partial charge in [-0.15, -0.1) is 0 Å². The van der Waals surface area contributed by atoms with Gasteiger partial charge in [0.25, 0.3) is 0 Å². The van der Waals surface area contributed by atoms with Crippen molar-refractivity contribution in [3.63, 3.8) is 0 Å². The van der Waals surface area contributed by atoms with Crippen LogP contribution in [0.2, 0.25) is 0 Å². The average Bonchev–Trinajstić information content (AvgIpc) is 2.73. The Hall–Kier alpha value is -1.31. The summed E-state index contributed by atoms with van der Waals surface area (Å²) in [7, 11) is 4.81. The summed E-state index contributed by atoms with van der Waals surface area (Å²) in [5, 5.41) is 0. The molecule has 168 valence electrons. The predicted molar refractivity (Wildman–Crippen MR) is 128 cm³/mol. The van der Waals surface area contributed by atoms with E-state index >= 15 is 0 Å². The van der Waals surface area contributed by atoms with E-state index in [1.165, 1.54) is 81.8 Å². The molecule has 2 rings (SSSR count). The fourth-order valence-electron chi connectivity index (χ4n) is 4.58. The van der Waals surface area contributed by atoms with Gasteiger partial charge in [-0.3, -0.25) is 0 Å².